The summed E-state index contributed by atoms with van der Waals surface area (Å²) in [6, 6.07) is 16.0. The summed E-state index contributed by atoms with van der Waals surface area (Å²) in [7, 11) is 1.33. The highest BCUT2D eigenvalue weighted by Gasteiger charge is 2.15. The van der Waals surface area contributed by atoms with Crippen molar-refractivity contribution in [3.63, 3.8) is 0 Å². The smallest absolute Gasteiger partial charge is 0.337 e. The van der Waals surface area contributed by atoms with Gasteiger partial charge in [0.15, 0.2) is 0 Å². The van der Waals surface area contributed by atoms with Crippen molar-refractivity contribution in [3.8, 4) is 0 Å². The summed E-state index contributed by atoms with van der Waals surface area (Å²) in [6.45, 7) is 4.09. The SMILES string of the molecule is COC(=O)c1ccc(NC(=O)c2cc(C(C)C)nc3ccccc23)cc1. The van der Waals surface area contributed by atoms with Crippen LogP contribution in [0.3, 0.4) is 0 Å². The van der Waals surface area contributed by atoms with Crippen LogP contribution in [0.15, 0.2) is 54.6 Å². The van der Waals surface area contributed by atoms with E-state index in [-0.39, 0.29) is 11.8 Å². The molecule has 0 aliphatic heterocycles. The first-order chi connectivity index (χ1) is 12.5. The van der Waals surface area contributed by atoms with Crippen molar-refractivity contribution in [1.29, 1.82) is 0 Å². The van der Waals surface area contributed by atoms with Crippen LogP contribution in [0.4, 0.5) is 5.69 Å². The van der Waals surface area contributed by atoms with Crippen molar-refractivity contribution in [2.45, 2.75) is 19.8 Å². The van der Waals surface area contributed by atoms with Gasteiger partial charge >= 0.3 is 5.97 Å². The van der Waals surface area contributed by atoms with Crippen molar-refractivity contribution < 1.29 is 14.3 Å². The van der Waals surface area contributed by atoms with Crippen molar-refractivity contribution in [3.05, 3.63) is 71.4 Å². The van der Waals surface area contributed by atoms with Gasteiger partial charge in [-0.2, -0.15) is 0 Å². The lowest BCUT2D eigenvalue weighted by Gasteiger charge is -2.12. The molecule has 26 heavy (non-hydrogen) atoms. The summed E-state index contributed by atoms with van der Waals surface area (Å²) in [5.74, 6) is -0.411. The molecule has 0 bridgehead atoms. The van der Waals surface area contributed by atoms with Crippen LogP contribution in [0.2, 0.25) is 0 Å². The summed E-state index contributed by atoms with van der Waals surface area (Å²) < 4.78 is 4.68. The van der Waals surface area contributed by atoms with Crippen molar-refractivity contribution in [2.75, 3.05) is 12.4 Å². The summed E-state index contributed by atoms with van der Waals surface area (Å²) >= 11 is 0. The van der Waals surface area contributed by atoms with Crippen LogP contribution < -0.4 is 5.32 Å². The van der Waals surface area contributed by atoms with Crippen molar-refractivity contribution in [1.82, 2.24) is 4.98 Å². The zero-order chi connectivity index (χ0) is 18.7. The molecule has 0 aliphatic carbocycles. The molecule has 5 nitrogen and oxygen atoms in total. The summed E-state index contributed by atoms with van der Waals surface area (Å²) in [4.78, 5) is 29.0. The van der Waals surface area contributed by atoms with E-state index in [1.54, 1.807) is 24.3 Å². The number of esters is 1. The third kappa shape index (κ3) is 3.57. The predicted molar refractivity (Wildman–Crippen MR) is 102 cm³/mol. The number of fused-ring (bicyclic) bond motifs is 1. The van der Waals surface area contributed by atoms with E-state index in [4.69, 9.17) is 0 Å². The molecule has 3 aromatic rings. The zero-order valence-corrected chi connectivity index (χ0v) is 14.9. The molecule has 3 rings (SSSR count). The molecule has 5 heteroatoms. The van der Waals surface area contributed by atoms with Gasteiger partial charge in [0.25, 0.3) is 5.91 Å². The third-order valence-corrected chi connectivity index (χ3v) is 4.14. The van der Waals surface area contributed by atoms with Gasteiger partial charge in [0.2, 0.25) is 0 Å². The van der Waals surface area contributed by atoms with Crippen LogP contribution in [-0.2, 0) is 4.74 Å². The normalized spacial score (nSPS) is 10.8. The van der Waals surface area contributed by atoms with Crippen LogP contribution in [0.1, 0.15) is 46.2 Å². The molecule has 1 N–H and O–H groups in total. The van der Waals surface area contributed by atoms with Crippen LogP contribution in [0, 0.1) is 0 Å². The fourth-order valence-corrected chi connectivity index (χ4v) is 2.69. The third-order valence-electron chi connectivity index (χ3n) is 4.14. The van der Waals surface area contributed by atoms with E-state index in [9.17, 15) is 9.59 Å². The summed E-state index contributed by atoms with van der Waals surface area (Å²) in [6.07, 6.45) is 0. The fourth-order valence-electron chi connectivity index (χ4n) is 2.69. The second kappa shape index (κ2) is 7.35. The molecule has 0 spiro atoms. The van der Waals surface area contributed by atoms with E-state index in [1.807, 2.05) is 44.2 Å². The number of hydrogen-bond acceptors (Lipinski definition) is 4. The zero-order valence-electron chi connectivity index (χ0n) is 14.9. The fraction of sp³-hybridized carbons (Fsp3) is 0.190. The number of amides is 1. The standard InChI is InChI=1S/C21H20N2O3/c1-13(2)19-12-17(16-6-4-5-7-18(16)23-19)20(24)22-15-10-8-14(9-11-15)21(25)26-3/h4-13H,1-3H3,(H,22,24). The minimum absolute atomic E-state index is 0.212. The van der Waals surface area contributed by atoms with Crippen LogP contribution in [0.25, 0.3) is 10.9 Å². The Morgan fingerprint density at radius 1 is 1.04 bits per heavy atom. The quantitative estimate of drug-likeness (QED) is 0.710. The Morgan fingerprint density at radius 2 is 1.73 bits per heavy atom. The van der Waals surface area contributed by atoms with Gasteiger partial charge in [-0.05, 0) is 42.3 Å². The number of carbonyl (C=O) groups is 2. The van der Waals surface area contributed by atoms with Crippen LogP contribution in [-0.4, -0.2) is 24.0 Å². The highest BCUT2D eigenvalue weighted by Crippen LogP contribution is 2.23. The molecular weight excluding hydrogens is 328 g/mol. The number of aromatic nitrogens is 1. The maximum atomic E-state index is 12.8. The number of nitrogens with zero attached hydrogens (tertiary/aromatic N) is 1. The first kappa shape index (κ1) is 17.6. The molecular formula is C21H20N2O3. The molecule has 0 unspecified atom stereocenters. The number of pyridine rings is 1. The molecule has 0 aliphatic rings. The van der Waals surface area contributed by atoms with Gasteiger partial charge in [-0.3, -0.25) is 9.78 Å². The Morgan fingerprint density at radius 3 is 2.38 bits per heavy atom. The molecule has 1 heterocycles. The number of para-hydroxylation sites is 1. The summed E-state index contributed by atoms with van der Waals surface area (Å²) in [5, 5.41) is 3.69. The number of carbonyl (C=O) groups excluding carboxylic acids is 2. The molecule has 2 aromatic carbocycles. The molecule has 0 fully saturated rings. The Kier molecular flexibility index (Phi) is 4.98. The molecule has 132 valence electrons. The number of hydrogen-bond donors (Lipinski definition) is 1. The van der Waals surface area contributed by atoms with E-state index < -0.39 is 5.97 Å². The average Bonchev–Trinajstić information content (AvgIpc) is 2.66. The number of nitrogens with one attached hydrogen (secondary N) is 1. The second-order valence-corrected chi connectivity index (χ2v) is 6.29. The molecule has 0 radical (unpaired) electrons. The maximum absolute atomic E-state index is 12.8. The number of anilines is 1. The van der Waals surface area contributed by atoms with E-state index in [2.05, 4.69) is 15.0 Å². The Bertz CT molecular complexity index is 963. The highest BCUT2D eigenvalue weighted by atomic mass is 16.5. The minimum atomic E-state index is -0.412. The monoisotopic (exact) mass is 348 g/mol. The van der Waals surface area contributed by atoms with Crippen LogP contribution >= 0.6 is 0 Å². The van der Waals surface area contributed by atoms with Gasteiger partial charge in [0, 0.05) is 16.8 Å². The molecule has 1 aromatic heterocycles. The first-order valence-electron chi connectivity index (χ1n) is 8.39. The van der Waals surface area contributed by atoms with Crippen LogP contribution in [0.5, 0.6) is 0 Å². The number of rotatable bonds is 4. The summed E-state index contributed by atoms with van der Waals surface area (Å²) in [5.41, 5.74) is 3.28. The van der Waals surface area contributed by atoms with Gasteiger partial charge in [0.05, 0.1) is 23.8 Å². The number of ether oxygens (including phenoxy) is 1. The topological polar surface area (TPSA) is 68.3 Å². The molecule has 0 saturated heterocycles. The lowest BCUT2D eigenvalue weighted by Crippen LogP contribution is -2.14. The first-order valence-corrected chi connectivity index (χ1v) is 8.39. The van der Waals surface area contributed by atoms with E-state index in [0.717, 1.165) is 16.6 Å². The van der Waals surface area contributed by atoms with E-state index in [1.165, 1.54) is 7.11 Å². The van der Waals surface area contributed by atoms with E-state index in [0.29, 0.717) is 16.8 Å². The Labute approximate surface area is 152 Å². The molecule has 0 saturated carbocycles. The minimum Gasteiger partial charge on any atom is -0.465 e. The van der Waals surface area contributed by atoms with Gasteiger partial charge in [0.1, 0.15) is 0 Å². The molecule has 0 atom stereocenters. The number of methoxy groups -OCH3 is 1. The van der Waals surface area contributed by atoms with Crippen molar-refractivity contribution >= 4 is 28.5 Å². The van der Waals surface area contributed by atoms with Gasteiger partial charge in [-0.15, -0.1) is 0 Å². The maximum Gasteiger partial charge on any atom is 0.337 e. The number of benzene rings is 2. The average molecular weight is 348 g/mol. The Hall–Kier alpha value is -3.21. The molecule has 1 amide bonds. The second-order valence-electron chi connectivity index (χ2n) is 6.29. The highest BCUT2D eigenvalue weighted by molar-refractivity contribution is 6.12. The van der Waals surface area contributed by atoms with E-state index >= 15 is 0 Å². The lowest BCUT2D eigenvalue weighted by atomic mass is 10.0. The van der Waals surface area contributed by atoms with Gasteiger partial charge in [-0.25, -0.2) is 4.79 Å². The van der Waals surface area contributed by atoms with Crippen molar-refractivity contribution in [2.24, 2.45) is 0 Å². The van der Waals surface area contributed by atoms with Gasteiger partial charge < -0.3 is 10.1 Å². The largest absolute Gasteiger partial charge is 0.465 e. The van der Waals surface area contributed by atoms with Gasteiger partial charge in [-0.1, -0.05) is 32.0 Å². The Balaban J connectivity index is 1.93. The lowest BCUT2D eigenvalue weighted by molar-refractivity contribution is 0.0600. The predicted octanol–water partition coefficient (Wildman–Crippen LogP) is 4.40.